The summed E-state index contributed by atoms with van der Waals surface area (Å²) >= 11 is 0. The number of carbonyl (C=O) groups excluding carboxylic acids is 1. The minimum absolute atomic E-state index is 0.138. The van der Waals surface area contributed by atoms with E-state index in [2.05, 4.69) is 12.2 Å². The molecular formula is C15H26N2O3. The Morgan fingerprint density at radius 3 is 2.60 bits per heavy atom. The molecule has 0 spiro atoms. The van der Waals surface area contributed by atoms with E-state index in [0.717, 1.165) is 25.7 Å². The molecule has 2 fully saturated rings. The SMILES string of the molecule is CCCC1CC(CC(=O)O)C2NC(CC(N)=O)CC2C1. The van der Waals surface area contributed by atoms with Crippen LogP contribution < -0.4 is 11.1 Å². The van der Waals surface area contributed by atoms with Crippen molar-refractivity contribution in [2.24, 2.45) is 23.5 Å². The predicted octanol–water partition coefficient (Wildman–Crippen LogP) is 1.51. The van der Waals surface area contributed by atoms with Crippen LogP contribution in [-0.4, -0.2) is 29.1 Å². The molecule has 0 aromatic heterocycles. The fraction of sp³-hybridized carbons (Fsp3) is 0.867. The number of nitrogens with one attached hydrogen (secondary N) is 1. The van der Waals surface area contributed by atoms with E-state index in [1.54, 1.807) is 0 Å². The Kier molecular flexibility index (Phi) is 5.02. The zero-order valence-electron chi connectivity index (χ0n) is 12.2. The smallest absolute Gasteiger partial charge is 0.303 e. The van der Waals surface area contributed by atoms with Crippen molar-refractivity contribution in [1.82, 2.24) is 5.32 Å². The number of carboxylic acid groups (broad SMARTS) is 1. The molecule has 0 aromatic rings. The van der Waals surface area contributed by atoms with E-state index in [0.29, 0.717) is 18.3 Å². The maximum atomic E-state index is 11.1. The molecule has 0 radical (unpaired) electrons. The van der Waals surface area contributed by atoms with Crippen molar-refractivity contribution in [3.63, 3.8) is 0 Å². The van der Waals surface area contributed by atoms with Crippen LogP contribution in [0.4, 0.5) is 0 Å². The third kappa shape index (κ3) is 3.72. The molecule has 2 aliphatic rings. The lowest BCUT2D eigenvalue weighted by atomic mass is 9.70. The van der Waals surface area contributed by atoms with Crippen LogP contribution in [0.25, 0.3) is 0 Å². The highest BCUT2D eigenvalue weighted by atomic mass is 16.4. The van der Waals surface area contributed by atoms with Crippen molar-refractivity contribution in [2.75, 3.05) is 0 Å². The van der Waals surface area contributed by atoms with Gasteiger partial charge in [0.15, 0.2) is 0 Å². The second-order valence-corrected chi connectivity index (χ2v) is 6.54. The van der Waals surface area contributed by atoms with E-state index in [1.165, 1.54) is 6.42 Å². The first-order valence-corrected chi connectivity index (χ1v) is 7.75. The van der Waals surface area contributed by atoms with Gasteiger partial charge in [0.2, 0.25) is 5.91 Å². The first kappa shape index (κ1) is 15.3. The highest BCUT2D eigenvalue weighted by Gasteiger charge is 2.44. The van der Waals surface area contributed by atoms with Crippen molar-refractivity contribution in [1.29, 1.82) is 0 Å². The van der Waals surface area contributed by atoms with Crippen molar-refractivity contribution < 1.29 is 14.7 Å². The Morgan fingerprint density at radius 1 is 1.25 bits per heavy atom. The Morgan fingerprint density at radius 2 is 2.00 bits per heavy atom. The summed E-state index contributed by atoms with van der Waals surface area (Å²) in [7, 11) is 0. The molecule has 5 atom stereocenters. The zero-order valence-corrected chi connectivity index (χ0v) is 12.2. The van der Waals surface area contributed by atoms with E-state index in [4.69, 9.17) is 10.8 Å². The Balaban J connectivity index is 2.03. The Labute approximate surface area is 120 Å². The number of aliphatic carboxylic acids is 1. The fourth-order valence-electron chi connectivity index (χ4n) is 4.31. The van der Waals surface area contributed by atoms with Crippen molar-refractivity contribution in [2.45, 2.75) is 64.0 Å². The highest BCUT2D eigenvalue weighted by Crippen LogP contribution is 2.43. The number of carbonyl (C=O) groups is 2. The number of hydrogen-bond donors (Lipinski definition) is 3. The summed E-state index contributed by atoms with van der Waals surface area (Å²) < 4.78 is 0. The molecule has 5 nitrogen and oxygen atoms in total. The number of rotatable bonds is 6. The van der Waals surface area contributed by atoms with E-state index < -0.39 is 5.97 Å². The van der Waals surface area contributed by atoms with E-state index in [1.807, 2.05) is 0 Å². The molecule has 114 valence electrons. The van der Waals surface area contributed by atoms with Crippen LogP contribution in [-0.2, 0) is 9.59 Å². The van der Waals surface area contributed by atoms with Crippen LogP contribution in [0, 0.1) is 17.8 Å². The highest BCUT2D eigenvalue weighted by molar-refractivity contribution is 5.74. The lowest BCUT2D eigenvalue weighted by molar-refractivity contribution is -0.139. The second kappa shape index (κ2) is 6.57. The lowest BCUT2D eigenvalue weighted by Crippen LogP contribution is -2.43. The maximum Gasteiger partial charge on any atom is 0.303 e. The topological polar surface area (TPSA) is 92.4 Å². The molecule has 1 heterocycles. The average molecular weight is 282 g/mol. The first-order valence-electron chi connectivity index (χ1n) is 7.75. The summed E-state index contributed by atoms with van der Waals surface area (Å²) in [4.78, 5) is 22.2. The number of primary amides is 1. The van der Waals surface area contributed by atoms with Crippen LogP contribution in [0.1, 0.15) is 51.9 Å². The third-order valence-corrected chi connectivity index (χ3v) is 4.88. The molecule has 4 N–H and O–H groups in total. The molecule has 0 aromatic carbocycles. The number of amides is 1. The van der Waals surface area contributed by atoms with Gasteiger partial charge in [-0.2, -0.15) is 0 Å². The van der Waals surface area contributed by atoms with Gasteiger partial charge in [-0.1, -0.05) is 19.8 Å². The van der Waals surface area contributed by atoms with E-state index in [9.17, 15) is 9.59 Å². The maximum absolute atomic E-state index is 11.1. The monoisotopic (exact) mass is 282 g/mol. The second-order valence-electron chi connectivity index (χ2n) is 6.54. The number of carboxylic acids is 1. The molecule has 5 heteroatoms. The van der Waals surface area contributed by atoms with Gasteiger partial charge in [0.1, 0.15) is 0 Å². The Hall–Kier alpha value is -1.10. The van der Waals surface area contributed by atoms with Gasteiger partial charge in [0.05, 0.1) is 0 Å². The van der Waals surface area contributed by atoms with Crippen molar-refractivity contribution in [3.8, 4) is 0 Å². The summed E-state index contributed by atoms with van der Waals surface area (Å²) in [5.74, 6) is 0.349. The molecule has 20 heavy (non-hydrogen) atoms. The van der Waals surface area contributed by atoms with Crippen molar-refractivity contribution in [3.05, 3.63) is 0 Å². The van der Waals surface area contributed by atoms with Crippen molar-refractivity contribution >= 4 is 11.9 Å². The third-order valence-electron chi connectivity index (χ3n) is 4.88. The summed E-state index contributed by atoms with van der Waals surface area (Å²) in [6, 6.07) is 0.391. The van der Waals surface area contributed by atoms with Crippen LogP contribution in [0.3, 0.4) is 0 Å². The van der Waals surface area contributed by atoms with E-state index in [-0.39, 0.29) is 30.3 Å². The minimum atomic E-state index is -0.717. The largest absolute Gasteiger partial charge is 0.481 e. The quantitative estimate of drug-likeness (QED) is 0.688. The molecule has 2 rings (SSSR count). The van der Waals surface area contributed by atoms with Gasteiger partial charge >= 0.3 is 5.97 Å². The average Bonchev–Trinajstić information content (AvgIpc) is 2.70. The molecular weight excluding hydrogens is 256 g/mol. The molecule has 1 saturated heterocycles. The summed E-state index contributed by atoms with van der Waals surface area (Å²) in [6.45, 7) is 2.18. The number of hydrogen-bond acceptors (Lipinski definition) is 3. The van der Waals surface area contributed by atoms with Crippen LogP contribution in [0.2, 0.25) is 0 Å². The minimum Gasteiger partial charge on any atom is -0.481 e. The van der Waals surface area contributed by atoms with Crippen LogP contribution in [0.5, 0.6) is 0 Å². The van der Waals surface area contributed by atoms with Gasteiger partial charge in [-0.05, 0) is 37.0 Å². The van der Waals surface area contributed by atoms with Gasteiger partial charge in [0, 0.05) is 24.9 Å². The van der Waals surface area contributed by atoms with Crippen LogP contribution in [0.15, 0.2) is 0 Å². The van der Waals surface area contributed by atoms with Gasteiger partial charge in [0.25, 0.3) is 0 Å². The predicted molar refractivity (Wildman–Crippen MR) is 76.0 cm³/mol. The number of fused-ring (bicyclic) bond motifs is 1. The van der Waals surface area contributed by atoms with Gasteiger partial charge < -0.3 is 16.2 Å². The molecule has 5 unspecified atom stereocenters. The van der Waals surface area contributed by atoms with Gasteiger partial charge in [-0.25, -0.2) is 0 Å². The normalized spacial score (nSPS) is 36.5. The molecule has 0 bridgehead atoms. The molecule has 1 aliphatic carbocycles. The van der Waals surface area contributed by atoms with E-state index >= 15 is 0 Å². The fourth-order valence-corrected chi connectivity index (χ4v) is 4.31. The summed E-state index contributed by atoms with van der Waals surface area (Å²) in [5.41, 5.74) is 5.28. The standard InChI is InChI=1S/C15H26N2O3/c1-2-3-9-4-10-6-12(8-13(16)18)17-15(10)11(5-9)7-14(19)20/h9-12,15,17H,2-8H2,1H3,(H2,16,18)(H,19,20). The van der Waals surface area contributed by atoms with Crippen LogP contribution >= 0.6 is 0 Å². The first-order chi connectivity index (χ1) is 9.49. The summed E-state index contributed by atoms with van der Waals surface area (Å²) in [5, 5.41) is 12.6. The molecule has 1 amide bonds. The van der Waals surface area contributed by atoms with Gasteiger partial charge in [-0.3, -0.25) is 9.59 Å². The lowest BCUT2D eigenvalue weighted by Gasteiger charge is -2.38. The van der Waals surface area contributed by atoms with Gasteiger partial charge in [-0.15, -0.1) is 0 Å². The zero-order chi connectivity index (χ0) is 14.7. The summed E-state index contributed by atoms with van der Waals surface area (Å²) in [6.07, 6.45) is 6.06. The number of nitrogens with two attached hydrogens (primary N) is 1. The molecule has 1 saturated carbocycles. The Bertz CT molecular complexity index is 372. The molecule has 1 aliphatic heterocycles.